The normalized spacial score (nSPS) is 15.6. The Morgan fingerprint density at radius 3 is 2.71 bits per heavy atom. The molecule has 2 aliphatic rings. The highest BCUT2D eigenvalue weighted by atomic mass is 16.2. The van der Waals surface area contributed by atoms with Crippen molar-refractivity contribution >= 4 is 34.6 Å². The van der Waals surface area contributed by atoms with E-state index in [0.29, 0.717) is 11.3 Å². The summed E-state index contributed by atoms with van der Waals surface area (Å²) < 4.78 is 0. The number of nitrogens with zero attached hydrogens (tertiary/aromatic N) is 1. The molecule has 0 aliphatic carbocycles. The van der Waals surface area contributed by atoms with Crippen molar-refractivity contribution in [1.82, 2.24) is 4.98 Å². The molecule has 5 heteroatoms. The number of hydrogen-bond acceptors (Lipinski definition) is 3. The van der Waals surface area contributed by atoms with Gasteiger partial charge in [0.15, 0.2) is 0 Å². The number of aromatic nitrogens is 1. The first-order valence-electron chi connectivity index (χ1n) is 5.23. The molecular formula is C12H7N3O2. The monoisotopic (exact) mass is 225 g/mol. The maximum absolute atomic E-state index is 11.8. The van der Waals surface area contributed by atoms with Crippen molar-refractivity contribution < 1.29 is 9.59 Å². The minimum Gasteiger partial charge on any atom is -0.346 e. The number of nitrogens with one attached hydrogen (secondary N) is 2. The van der Waals surface area contributed by atoms with Gasteiger partial charge in [0.1, 0.15) is 5.82 Å². The molecule has 0 saturated carbocycles. The van der Waals surface area contributed by atoms with E-state index in [2.05, 4.69) is 10.3 Å². The van der Waals surface area contributed by atoms with E-state index >= 15 is 0 Å². The highest BCUT2D eigenvalue weighted by molar-refractivity contribution is 6.53. The van der Waals surface area contributed by atoms with Gasteiger partial charge in [-0.1, -0.05) is 6.07 Å². The summed E-state index contributed by atoms with van der Waals surface area (Å²) in [6.07, 6.45) is 1.84. The molecule has 0 spiro atoms. The van der Waals surface area contributed by atoms with E-state index in [1.54, 1.807) is 6.07 Å². The van der Waals surface area contributed by atoms with E-state index in [-0.39, 0.29) is 0 Å². The van der Waals surface area contributed by atoms with Gasteiger partial charge in [-0.15, -0.1) is 0 Å². The Balaban J connectivity index is 1.89. The lowest BCUT2D eigenvalue weighted by Gasteiger charge is -2.07. The second-order valence-corrected chi connectivity index (χ2v) is 4.03. The first-order valence-corrected chi connectivity index (χ1v) is 5.23. The average molecular weight is 225 g/mol. The lowest BCUT2D eigenvalue weighted by Crippen LogP contribution is -2.13. The van der Waals surface area contributed by atoms with Crippen LogP contribution in [-0.4, -0.2) is 16.7 Å². The Bertz CT molecular complexity index is 668. The van der Waals surface area contributed by atoms with Crippen LogP contribution >= 0.6 is 0 Å². The number of carbonyl (C=O) groups excluding carboxylic acids is 2. The third-order valence-corrected chi connectivity index (χ3v) is 3.08. The standard InChI is InChI=1S/C12H7N3O2/c16-10-9-6(14-12(10)17)2-1-3-7(9)15-8-4-5-13-11(8)15/h1-5,13H,(H,14,16,17). The first-order chi connectivity index (χ1) is 8.27. The van der Waals surface area contributed by atoms with Gasteiger partial charge in [-0.3, -0.25) is 14.5 Å². The van der Waals surface area contributed by atoms with Crippen LogP contribution in [0.15, 0.2) is 30.5 Å². The largest absolute Gasteiger partial charge is 0.346 e. The van der Waals surface area contributed by atoms with Crippen molar-refractivity contribution in [2.75, 3.05) is 10.2 Å². The molecule has 0 atom stereocenters. The number of rotatable bonds is 1. The van der Waals surface area contributed by atoms with Crippen LogP contribution in [0, 0.1) is 0 Å². The van der Waals surface area contributed by atoms with Crippen molar-refractivity contribution in [2.24, 2.45) is 0 Å². The summed E-state index contributed by atoms with van der Waals surface area (Å²) in [4.78, 5) is 28.1. The molecule has 0 radical (unpaired) electrons. The number of benzene rings is 1. The molecule has 0 unspecified atom stereocenters. The van der Waals surface area contributed by atoms with Crippen molar-refractivity contribution in [1.29, 1.82) is 0 Å². The zero-order chi connectivity index (χ0) is 11.6. The predicted octanol–water partition coefficient (Wildman–Crippen LogP) is 1.93. The van der Waals surface area contributed by atoms with Crippen LogP contribution < -0.4 is 10.2 Å². The summed E-state index contributed by atoms with van der Waals surface area (Å²) in [6, 6.07) is 7.33. The molecule has 3 heterocycles. The molecule has 2 aliphatic heterocycles. The van der Waals surface area contributed by atoms with Crippen LogP contribution in [-0.2, 0) is 4.79 Å². The van der Waals surface area contributed by atoms with Crippen LogP contribution in [0.1, 0.15) is 10.4 Å². The zero-order valence-corrected chi connectivity index (χ0v) is 8.65. The molecular weight excluding hydrogens is 218 g/mol. The van der Waals surface area contributed by atoms with Gasteiger partial charge in [-0.2, -0.15) is 0 Å². The molecule has 17 heavy (non-hydrogen) atoms. The van der Waals surface area contributed by atoms with Crippen molar-refractivity contribution in [3.05, 3.63) is 36.0 Å². The van der Waals surface area contributed by atoms with Crippen LogP contribution in [0.4, 0.5) is 22.9 Å². The number of H-pyrrole nitrogens is 1. The molecule has 0 bridgehead atoms. The highest BCUT2D eigenvalue weighted by Gasteiger charge is 2.39. The Kier molecular flexibility index (Phi) is 1.30. The Hall–Kier alpha value is -2.56. The van der Waals surface area contributed by atoms with Gasteiger partial charge in [0.2, 0.25) is 0 Å². The average Bonchev–Trinajstić information content (AvgIpc) is 2.68. The Labute approximate surface area is 96.0 Å². The summed E-state index contributed by atoms with van der Waals surface area (Å²) in [5, 5.41) is 2.56. The number of Topliss-reactive ketones (excluding diaryl/α,β-unsaturated/α-hetero) is 1. The molecule has 1 aromatic carbocycles. The number of carbonyl (C=O) groups is 2. The molecule has 0 fully saturated rings. The minimum atomic E-state index is -0.557. The molecule has 4 rings (SSSR count). The third-order valence-electron chi connectivity index (χ3n) is 3.08. The fraction of sp³-hybridized carbons (Fsp3) is 0. The quantitative estimate of drug-likeness (QED) is 0.491. The lowest BCUT2D eigenvalue weighted by atomic mass is 10.1. The molecule has 1 amide bonds. The summed E-state index contributed by atoms with van der Waals surface area (Å²) in [5.74, 6) is -0.0470. The van der Waals surface area contributed by atoms with Crippen molar-refractivity contribution in [3.63, 3.8) is 0 Å². The van der Waals surface area contributed by atoms with E-state index in [1.807, 2.05) is 29.3 Å². The number of amides is 1. The fourth-order valence-corrected chi connectivity index (χ4v) is 2.28. The fourth-order valence-electron chi connectivity index (χ4n) is 2.28. The second kappa shape index (κ2) is 2.57. The van der Waals surface area contributed by atoms with Gasteiger partial charge in [0, 0.05) is 6.20 Å². The summed E-state index contributed by atoms with van der Waals surface area (Å²) in [5.41, 5.74) is 2.85. The van der Waals surface area contributed by atoms with E-state index in [4.69, 9.17) is 0 Å². The Morgan fingerprint density at radius 2 is 1.94 bits per heavy atom. The molecule has 5 nitrogen and oxygen atoms in total. The van der Waals surface area contributed by atoms with E-state index in [1.165, 1.54) is 0 Å². The van der Waals surface area contributed by atoms with Crippen LogP contribution in [0.25, 0.3) is 0 Å². The number of anilines is 4. The van der Waals surface area contributed by atoms with E-state index in [9.17, 15) is 9.59 Å². The molecule has 82 valence electrons. The maximum Gasteiger partial charge on any atom is 0.296 e. The summed E-state index contributed by atoms with van der Waals surface area (Å²) in [6.45, 7) is 0. The minimum absolute atomic E-state index is 0.460. The first kappa shape index (κ1) is 8.58. The number of ketones is 1. The molecule has 1 aromatic heterocycles. The zero-order valence-electron chi connectivity index (χ0n) is 8.65. The molecule has 2 aromatic rings. The highest BCUT2D eigenvalue weighted by Crippen LogP contribution is 2.54. The topological polar surface area (TPSA) is 65.0 Å². The van der Waals surface area contributed by atoms with Crippen LogP contribution in [0.3, 0.4) is 0 Å². The lowest BCUT2D eigenvalue weighted by molar-refractivity contribution is -0.112. The van der Waals surface area contributed by atoms with Gasteiger partial charge in [0.25, 0.3) is 11.7 Å². The van der Waals surface area contributed by atoms with E-state index < -0.39 is 11.7 Å². The summed E-state index contributed by atoms with van der Waals surface area (Å²) >= 11 is 0. The van der Waals surface area contributed by atoms with Gasteiger partial charge >= 0.3 is 0 Å². The summed E-state index contributed by atoms with van der Waals surface area (Å²) in [7, 11) is 0. The van der Waals surface area contributed by atoms with E-state index in [0.717, 1.165) is 17.2 Å². The second-order valence-electron chi connectivity index (χ2n) is 4.03. The SMILES string of the molecule is O=C1Nc2cccc(N3c4cc[nH]c43)c2C1=O. The van der Waals surface area contributed by atoms with Crippen LogP contribution in [0.5, 0.6) is 0 Å². The maximum atomic E-state index is 11.8. The number of fused-ring (bicyclic) bond motifs is 2. The van der Waals surface area contributed by atoms with Crippen LogP contribution in [0.2, 0.25) is 0 Å². The van der Waals surface area contributed by atoms with Gasteiger partial charge in [-0.25, -0.2) is 0 Å². The third kappa shape index (κ3) is 0.932. The predicted molar refractivity (Wildman–Crippen MR) is 62.0 cm³/mol. The van der Waals surface area contributed by atoms with Gasteiger partial charge in [-0.05, 0) is 18.2 Å². The van der Waals surface area contributed by atoms with Crippen molar-refractivity contribution in [2.45, 2.75) is 0 Å². The number of aromatic amines is 1. The van der Waals surface area contributed by atoms with Gasteiger partial charge in [0.05, 0.1) is 22.6 Å². The molecule has 2 N–H and O–H groups in total. The molecule has 0 saturated heterocycles. The van der Waals surface area contributed by atoms with Crippen molar-refractivity contribution in [3.8, 4) is 0 Å². The number of hydrogen-bond donors (Lipinski definition) is 2. The smallest absolute Gasteiger partial charge is 0.296 e. The van der Waals surface area contributed by atoms with Gasteiger partial charge < -0.3 is 10.3 Å². The Morgan fingerprint density at radius 1 is 1.06 bits per heavy atom.